The summed E-state index contributed by atoms with van der Waals surface area (Å²) in [5.74, 6) is -0.0741. The van der Waals surface area contributed by atoms with Crippen molar-refractivity contribution in [2.45, 2.75) is 99.9 Å². The Morgan fingerprint density at radius 2 is 0.750 bits per heavy atom. The Balaban J connectivity index is -0.0000000189. The molecule has 0 radical (unpaired) electrons. The van der Waals surface area contributed by atoms with Crippen molar-refractivity contribution in [1.29, 1.82) is 0 Å². The lowest BCUT2D eigenvalue weighted by atomic mass is 10.6. The van der Waals surface area contributed by atoms with Crippen LogP contribution in [0.2, 0.25) is 0 Å². The lowest BCUT2D eigenvalue weighted by molar-refractivity contribution is -0.138. The molecular formula is C27H68N2O6S5. The molecule has 0 aliphatic carbocycles. The molecule has 2 N–H and O–H groups in total. The van der Waals surface area contributed by atoms with Crippen LogP contribution < -0.4 is 10.6 Å². The van der Waals surface area contributed by atoms with Crippen LogP contribution in [0, 0.1) is 0 Å². The molecule has 0 saturated carbocycles. The van der Waals surface area contributed by atoms with Crippen molar-refractivity contribution in [3.8, 4) is 0 Å². The predicted octanol–water partition coefficient (Wildman–Crippen LogP) is 8.47. The molecule has 0 atom stereocenters. The van der Waals surface area contributed by atoms with Crippen LogP contribution in [0.3, 0.4) is 0 Å². The van der Waals surface area contributed by atoms with E-state index in [0.717, 1.165) is 9.19 Å². The molecule has 252 valence electrons. The van der Waals surface area contributed by atoms with Crippen LogP contribution in [-0.4, -0.2) is 77.8 Å². The van der Waals surface area contributed by atoms with Gasteiger partial charge in [0.15, 0.2) is 10.2 Å². The summed E-state index contributed by atoms with van der Waals surface area (Å²) in [5.41, 5.74) is 0. The van der Waals surface area contributed by atoms with E-state index in [9.17, 15) is 19.2 Å². The summed E-state index contributed by atoms with van der Waals surface area (Å²) in [7, 11) is 6.31. The maximum atomic E-state index is 9.78. The van der Waals surface area contributed by atoms with Gasteiger partial charge in [0.05, 0.1) is 19.2 Å². The van der Waals surface area contributed by atoms with Gasteiger partial charge in [-0.3, -0.25) is 14.4 Å². The van der Waals surface area contributed by atoms with E-state index >= 15 is 0 Å². The molecule has 40 heavy (non-hydrogen) atoms. The van der Waals surface area contributed by atoms with Crippen LogP contribution in [0.1, 0.15) is 99.9 Å². The maximum Gasteiger partial charge on any atom is 0.302 e. The van der Waals surface area contributed by atoms with Crippen LogP contribution in [0.4, 0.5) is 0 Å². The number of Topliss-reactive ketones (excluding diaryl/α,β-unsaturated/α-hetero) is 1. The fourth-order valence-corrected chi connectivity index (χ4v) is 0. The number of hydrogen-bond acceptors (Lipinski definition) is 11. The predicted molar refractivity (Wildman–Crippen MR) is 203 cm³/mol. The zero-order valence-corrected chi connectivity index (χ0v) is 27.1. The summed E-state index contributed by atoms with van der Waals surface area (Å²) < 4.78 is 9.60. The van der Waals surface area contributed by atoms with Crippen LogP contribution in [0.5, 0.6) is 0 Å². The molecule has 8 nitrogen and oxygen atoms in total. The van der Waals surface area contributed by atoms with Crippen molar-refractivity contribution >= 4 is 97.2 Å². The Kier molecular flexibility index (Phi) is 160. The van der Waals surface area contributed by atoms with Crippen molar-refractivity contribution in [1.82, 2.24) is 10.6 Å². The zero-order chi connectivity index (χ0) is 29.3. The minimum Gasteiger partial charge on any atom is -0.491 e. The van der Waals surface area contributed by atoms with Crippen molar-refractivity contribution < 1.29 is 28.7 Å². The third-order valence-electron chi connectivity index (χ3n) is 1.85. The van der Waals surface area contributed by atoms with E-state index in [-0.39, 0.29) is 67.3 Å². The maximum absolute atomic E-state index is 9.78. The highest BCUT2D eigenvalue weighted by molar-refractivity contribution is 8.22. The number of carbonyl (C=O) groups is 4. The number of nitrogens with one attached hydrogen (secondary N) is 2. The van der Waals surface area contributed by atoms with Gasteiger partial charge in [-0.2, -0.15) is 0 Å². The number of methoxy groups -OCH3 is 2. The summed E-state index contributed by atoms with van der Waals surface area (Å²) in [6.07, 6.45) is 3.74. The van der Waals surface area contributed by atoms with Gasteiger partial charge in [-0.15, -0.1) is 11.8 Å². The molecule has 0 saturated heterocycles. The van der Waals surface area contributed by atoms with Gasteiger partial charge in [-0.05, 0) is 52.4 Å². The number of ether oxygens (including phenoxy) is 2. The molecule has 13 heteroatoms. The quantitative estimate of drug-likeness (QED) is 0.190. The number of esters is 1. The molecule has 0 aromatic heterocycles. The highest BCUT2D eigenvalue weighted by Crippen LogP contribution is 1.92. The number of carbonyl (C=O) groups excluding carboxylic acids is 4. The lowest BCUT2D eigenvalue weighted by Crippen LogP contribution is -2.11. The van der Waals surface area contributed by atoms with Crippen molar-refractivity contribution in [2.75, 3.05) is 40.8 Å². The Morgan fingerprint density at radius 1 is 0.600 bits per heavy atom. The first-order valence-electron chi connectivity index (χ1n) is 9.38. The number of rotatable bonds is 0. The zero-order valence-electron chi connectivity index (χ0n) is 23.0. The third kappa shape index (κ3) is 402. The van der Waals surface area contributed by atoms with E-state index in [1.165, 1.54) is 46.6 Å². The van der Waals surface area contributed by atoms with Gasteiger partial charge in [-0.1, -0.05) is 80.8 Å². The van der Waals surface area contributed by atoms with Crippen LogP contribution in [-0.2, 0) is 28.7 Å². The van der Waals surface area contributed by atoms with Gasteiger partial charge in [0, 0.05) is 46.0 Å². The Labute approximate surface area is 276 Å². The molecular weight excluding hydrogens is 609 g/mol. The minimum atomic E-state index is -0.245. The average Bonchev–Trinajstić information content (AvgIpc) is 2.75. The molecule has 0 aliphatic heterocycles. The highest BCUT2D eigenvalue weighted by Gasteiger charge is 1.77. The molecule has 0 bridgehead atoms. The summed E-state index contributed by atoms with van der Waals surface area (Å²) in [5, 5.41) is 5.91. The molecule has 0 aromatic rings. The average molecular weight is 677 g/mol. The first-order chi connectivity index (χ1) is 15.4. The fraction of sp³-hybridized carbons (Fsp3) is 0.741. The molecule has 0 aliphatic rings. The fourth-order valence-electron chi connectivity index (χ4n) is 0. The first-order valence-corrected chi connectivity index (χ1v) is 13.1. The topological polar surface area (TPSA) is 111 Å². The molecule has 1 amide bonds. The van der Waals surface area contributed by atoms with Gasteiger partial charge < -0.3 is 24.9 Å². The van der Waals surface area contributed by atoms with Gasteiger partial charge in [0.2, 0.25) is 5.91 Å². The van der Waals surface area contributed by atoms with E-state index in [1.807, 2.05) is 27.2 Å². The Hall–Kier alpha value is -1.15. The second-order valence-corrected chi connectivity index (χ2v) is 9.37. The second kappa shape index (κ2) is 76.9. The summed E-state index contributed by atoms with van der Waals surface area (Å²) in [4.78, 5) is 39.3. The van der Waals surface area contributed by atoms with Crippen molar-refractivity contribution in [2.24, 2.45) is 0 Å². The van der Waals surface area contributed by atoms with Gasteiger partial charge in [0.25, 0.3) is 0 Å². The van der Waals surface area contributed by atoms with Gasteiger partial charge >= 0.3 is 5.97 Å². The monoisotopic (exact) mass is 676 g/mol. The standard InChI is InChI=1S/C3H7NO.C3H7NS.C3H6O2.2C3H6OS.C3H6O.C3H6S2.6CH4/c2*1-3(5)4-2;2*1-3(4)5-2;1-3(5)4-2;1-3(2)4;1-3(4)5-2;;;;;;/h2*1-2H3,(H,4,5);3*1-2H3;1-2H3;1-2H3;6*1H4. The molecule has 0 aromatic carbocycles. The molecule has 0 heterocycles. The van der Waals surface area contributed by atoms with Crippen LogP contribution in [0.25, 0.3) is 0 Å². The number of hydrogen-bond donors (Lipinski definition) is 2. The Bertz CT molecular complexity index is 451. The molecule has 0 unspecified atom stereocenters. The van der Waals surface area contributed by atoms with Crippen LogP contribution >= 0.6 is 60.2 Å². The largest absolute Gasteiger partial charge is 0.491 e. The van der Waals surface area contributed by atoms with Crippen LogP contribution in [0.15, 0.2) is 0 Å². The van der Waals surface area contributed by atoms with Gasteiger partial charge in [-0.25, -0.2) is 0 Å². The summed E-state index contributed by atoms with van der Waals surface area (Å²) in [6.45, 7) is 12.9. The summed E-state index contributed by atoms with van der Waals surface area (Å²) in [6, 6.07) is 0. The van der Waals surface area contributed by atoms with E-state index < -0.39 is 0 Å². The van der Waals surface area contributed by atoms with E-state index in [1.54, 1.807) is 46.0 Å². The SMILES string of the molecule is C.C.C.C.C.C.CC(C)=O.CNC(C)=O.CNC(C)=S.COC(C)=O.COC(C)=S.CSC(C)=O.CSC(C)=S. The number of thiocarbonyl (C=S) groups is 3. The van der Waals surface area contributed by atoms with E-state index in [2.05, 4.69) is 56.8 Å². The van der Waals surface area contributed by atoms with Crippen molar-refractivity contribution in [3.05, 3.63) is 0 Å². The number of ketones is 1. The molecule has 0 rings (SSSR count). The minimum absolute atomic E-state index is 0. The second-order valence-electron chi connectivity index (χ2n) is 5.30. The Morgan fingerprint density at radius 3 is 0.750 bits per heavy atom. The van der Waals surface area contributed by atoms with Gasteiger partial charge in [0.1, 0.15) is 5.78 Å². The normalized spacial score (nSPS) is 5.95. The smallest absolute Gasteiger partial charge is 0.302 e. The van der Waals surface area contributed by atoms with E-state index in [4.69, 9.17) is 0 Å². The molecule has 0 fully saturated rings. The lowest BCUT2D eigenvalue weighted by Gasteiger charge is -1.85. The molecule has 0 spiro atoms. The summed E-state index contributed by atoms with van der Waals surface area (Å²) >= 11 is 16.6. The third-order valence-corrected chi connectivity index (χ3v) is 3.87. The number of amides is 1. The highest BCUT2D eigenvalue weighted by atomic mass is 32.2. The number of thioether (sulfide) groups is 2. The van der Waals surface area contributed by atoms with E-state index in [0.29, 0.717) is 5.05 Å². The first kappa shape index (κ1) is 83.3. The van der Waals surface area contributed by atoms with Crippen molar-refractivity contribution in [3.63, 3.8) is 0 Å².